The largest absolute Gasteiger partial charge is 0.368 e. The first-order valence-corrected chi connectivity index (χ1v) is 7.56. The van der Waals surface area contributed by atoms with Crippen molar-refractivity contribution in [2.24, 2.45) is 0 Å². The van der Waals surface area contributed by atoms with Crippen LogP contribution in [0.15, 0.2) is 42.6 Å². The second kappa shape index (κ2) is 6.31. The number of piperazine rings is 1. The third-order valence-corrected chi connectivity index (χ3v) is 4.04. The van der Waals surface area contributed by atoms with Gasteiger partial charge in [0.2, 0.25) is 0 Å². The summed E-state index contributed by atoms with van der Waals surface area (Å²) < 4.78 is 13.2. The Morgan fingerprint density at radius 1 is 1.05 bits per heavy atom. The molecule has 0 unspecified atom stereocenters. The van der Waals surface area contributed by atoms with Gasteiger partial charge in [-0.3, -0.25) is 0 Å². The number of halogens is 2. The fraction of sp³-hybridized carbons (Fsp3) is 0.312. The predicted molar refractivity (Wildman–Crippen MR) is 84.6 cm³/mol. The Morgan fingerprint density at radius 2 is 1.71 bits per heavy atom. The van der Waals surface area contributed by atoms with E-state index < -0.39 is 0 Å². The number of alkyl halides is 1. The molecule has 0 radical (unpaired) electrons. The lowest BCUT2D eigenvalue weighted by atomic mass is 10.2. The van der Waals surface area contributed by atoms with Crippen molar-refractivity contribution in [1.29, 1.82) is 0 Å². The lowest BCUT2D eigenvalue weighted by Gasteiger charge is -2.37. The molecule has 0 saturated carbocycles. The minimum absolute atomic E-state index is 0.277. The molecule has 0 spiro atoms. The van der Waals surface area contributed by atoms with Crippen molar-refractivity contribution < 1.29 is 4.39 Å². The van der Waals surface area contributed by atoms with Crippen molar-refractivity contribution in [1.82, 2.24) is 4.98 Å². The van der Waals surface area contributed by atoms with Gasteiger partial charge in [0.05, 0.1) is 12.1 Å². The molecular formula is C16H17ClFN3. The lowest BCUT2D eigenvalue weighted by molar-refractivity contribution is 0.612. The second-order valence-corrected chi connectivity index (χ2v) is 5.35. The van der Waals surface area contributed by atoms with Crippen LogP contribution in [0.25, 0.3) is 0 Å². The third-order valence-electron chi connectivity index (χ3n) is 3.75. The van der Waals surface area contributed by atoms with Gasteiger partial charge in [0.25, 0.3) is 0 Å². The third kappa shape index (κ3) is 3.10. The van der Waals surface area contributed by atoms with Gasteiger partial charge in [-0.2, -0.15) is 0 Å². The number of hydrogen-bond acceptors (Lipinski definition) is 3. The van der Waals surface area contributed by atoms with Crippen molar-refractivity contribution in [3.8, 4) is 0 Å². The molecule has 3 nitrogen and oxygen atoms in total. The van der Waals surface area contributed by atoms with Crippen LogP contribution in [0, 0.1) is 5.82 Å². The van der Waals surface area contributed by atoms with E-state index in [0.717, 1.165) is 37.6 Å². The topological polar surface area (TPSA) is 19.4 Å². The van der Waals surface area contributed by atoms with Gasteiger partial charge in [0.15, 0.2) is 0 Å². The molecule has 0 aliphatic carbocycles. The van der Waals surface area contributed by atoms with Crippen molar-refractivity contribution in [2.45, 2.75) is 5.88 Å². The number of rotatable bonds is 3. The molecule has 5 heteroatoms. The first-order chi connectivity index (χ1) is 10.3. The Balaban J connectivity index is 1.71. The van der Waals surface area contributed by atoms with E-state index in [2.05, 4.69) is 39.0 Å². The zero-order chi connectivity index (χ0) is 14.7. The van der Waals surface area contributed by atoms with Crippen LogP contribution in [-0.4, -0.2) is 31.2 Å². The molecule has 0 atom stereocenters. The molecule has 110 valence electrons. The molecular weight excluding hydrogens is 289 g/mol. The standard InChI is InChI=1S/C16H17ClFN3/c17-11-13-10-14(18)12-19-16(13)21-8-6-20(7-9-21)15-4-2-1-3-5-15/h1-5,10,12H,6-9,11H2. The number of hydrogen-bond donors (Lipinski definition) is 0. The van der Waals surface area contributed by atoms with E-state index in [-0.39, 0.29) is 11.7 Å². The molecule has 2 aromatic rings. The fourth-order valence-corrected chi connectivity index (χ4v) is 2.87. The molecule has 1 saturated heterocycles. The zero-order valence-electron chi connectivity index (χ0n) is 11.7. The van der Waals surface area contributed by atoms with Crippen molar-refractivity contribution in [3.05, 3.63) is 54.0 Å². The molecule has 0 amide bonds. The SMILES string of the molecule is Fc1cnc(N2CCN(c3ccccc3)CC2)c(CCl)c1. The molecule has 1 fully saturated rings. The molecule has 3 rings (SSSR count). The maximum absolute atomic E-state index is 13.2. The molecule has 1 aromatic heterocycles. The maximum Gasteiger partial charge on any atom is 0.141 e. The minimum atomic E-state index is -0.336. The van der Waals surface area contributed by atoms with Gasteiger partial charge < -0.3 is 9.80 Å². The summed E-state index contributed by atoms with van der Waals surface area (Å²) in [6, 6.07) is 11.8. The Labute approximate surface area is 129 Å². The maximum atomic E-state index is 13.2. The first-order valence-electron chi connectivity index (χ1n) is 7.03. The van der Waals surface area contributed by atoms with Crippen molar-refractivity contribution in [3.63, 3.8) is 0 Å². The van der Waals surface area contributed by atoms with Crippen LogP contribution < -0.4 is 9.80 Å². The molecule has 2 heterocycles. The van der Waals surface area contributed by atoms with E-state index in [4.69, 9.17) is 11.6 Å². The number of benzene rings is 1. The molecule has 1 aromatic carbocycles. The normalized spacial score (nSPS) is 15.3. The van der Waals surface area contributed by atoms with Crippen LogP contribution in [-0.2, 0) is 5.88 Å². The molecule has 21 heavy (non-hydrogen) atoms. The van der Waals surface area contributed by atoms with Crippen molar-refractivity contribution in [2.75, 3.05) is 36.0 Å². The van der Waals surface area contributed by atoms with Gasteiger partial charge >= 0.3 is 0 Å². The zero-order valence-corrected chi connectivity index (χ0v) is 12.4. The Morgan fingerprint density at radius 3 is 2.38 bits per heavy atom. The summed E-state index contributed by atoms with van der Waals surface area (Å²) in [7, 11) is 0. The van der Waals surface area contributed by atoms with E-state index in [0.29, 0.717) is 0 Å². The second-order valence-electron chi connectivity index (χ2n) is 5.08. The Bertz CT molecular complexity index is 598. The highest BCUT2D eigenvalue weighted by molar-refractivity contribution is 6.17. The number of anilines is 2. The van der Waals surface area contributed by atoms with E-state index in [1.165, 1.54) is 18.0 Å². The summed E-state index contributed by atoms with van der Waals surface area (Å²) in [4.78, 5) is 8.74. The van der Waals surface area contributed by atoms with Gasteiger partial charge in [-0.05, 0) is 18.2 Å². The lowest BCUT2D eigenvalue weighted by Crippen LogP contribution is -2.47. The molecule has 1 aliphatic heterocycles. The monoisotopic (exact) mass is 305 g/mol. The van der Waals surface area contributed by atoms with E-state index in [9.17, 15) is 4.39 Å². The fourth-order valence-electron chi connectivity index (χ4n) is 2.67. The van der Waals surface area contributed by atoms with E-state index in [1.54, 1.807) is 0 Å². The van der Waals surface area contributed by atoms with Gasteiger partial charge in [-0.1, -0.05) is 18.2 Å². The number of para-hydroxylation sites is 1. The smallest absolute Gasteiger partial charge is 0.141 e. The van der Waals surface area contributed by atoms with Gasteiger partial charge in [0, 0.05) is 37.4 Å². The molecule has 1 aliphatic rings. The summed E-state index contributed by atoms with van der Waals surface area (Å²) >= 11 is 5.90. The summed E-state index contributed by atoms with van der Waals surface area (Å²) in [5.74, 6) is 0.746. The average Bonchev–Trinajstić information content (AvgIpc) is 2.56. The van der Waals surface area contributed by atoms with Crippen LogP contribution in [0.1, 0.15) is 5.56 Å². The molecule has 0 bridgehead atoms. The van der Waals surface area contributed by atoms with Gasteiger partial charge in [-0.15, -0.1) is 11.6 Å². The van der Waals surface area contributed by atoms with Gasteiger partial charge in [-0.25, -0.2) is 9.37 Å². The van der Waals surface area contributed by atoms with E-state index >= 15 is 0 Å². The first kappa shape index (κ1) is 14.1. The van der Waals surface area contributed by atoms with Crippen molar-refractivity contribution >= 4 is 23.1 Å². The average molecular weight is 306 g/mol. The highest BCUT2D eigenvalue weighted by Gasteiger charge is 2.20. The highest BCUT2D eigenvalue weighted by Crippen LogP contribution is 2.23. The predicted octanol–water partition coefficient (Wildman–Crippen LogP) is 3.29. The van der Waals surface area contributed by atoms with Crippen LogP contribution in [0.5, 0.6) is 0 Å². The number of nitrogens with zero attached hydrogens (tertiary/aromatic N) is 3. The van der Waals surface area contributed by atoms with Crippen LogP contribution in [0.4, 0.5) is 15.9 Å². The minimum Gasteiger partial charge on any atom is -0.368 e. The quantitative estimate of drug-likeness (QED) is 0.811. The number of pyridine rings is 1. The van der Waals surface area contributed by atoms with Crippen LogP contribution in [0.2, 0.25) is 0 Å². The molecule has 0 N–H and O–H groups in total. The van der Waals surface area contributed by atoms with Crippen LogP contribution in [0.3, 0.4) is 0 Å². The summed E-state index contributed by atoms with van der Waals surface area (Å²) in [6.07, 6.45) is 1.26. The summed E-state index contributed by atoms with van der Waals surface area (Å²) in [5, 5.41) is 0. The van der Waals surface area contributed by atoms with E-state index in [1.807, 2.05) is 6.07 Å². The Kier molecular flexibility index (Phi) is 4.25. The summed E-state index contributed by atoms with van der Waals surface area (Å²) in [5.41, 5.74) is 1.99. The highest BCUT2D eigenvalue weighted by atomic mass is 35.5. The summed E-state index contributed by atoms with van der Waals surface area (Å²) in [6.45, 7) is 3.56. The number of aromatic nitrogens is 1. The van der Waals surface area contributed by atoms with Gasteiger partial charge in [0.1, 0.15) is 11.6 Å². The Hall–Kier alpha value is -1.81. The van der Waals surface area contributed by atoms with Crippen LogP contribution >= 0.6 is 11.6 Å².